The number of halogens is 5. The molecule has 0 bridgehead atoms. The number of pyridine rings is 6. The Kier molecular flexibility index (Phi) is 15.7. The number of benzene rings is 2. The molecular weight excluding hydrogens is 1010 g/mol. The summed E-state index contributed by atoms with van der Waals surface area (Å²) >= 11 is 6.21. The third-order valence-corrected chi connectivity index (χ3v) is 13.2. The van der Waals surface area contributed by atoms with Crippen LogP contribution in [0.4, 0.5) is 46.3 Å². The van der Waals surface area contributed by atoms with Gasteiger partial charge in [0, 0.05) is 146 Å². The van der Waals surface area contributed by atoms with Gasteiger partial charge in [-0.05, 0) is 43.7 Å². The van der Waals surface area contributed by atoms with Gasteiger partial charge in [0.1, 0.15) is 47.6 Å². The largest absolute Gasteiger partial charge is 0.398 e. The molecule has 16 nitrogen and oxygen atoms in total. The monoisotopic (exact) mass is 1060 g/mol. The van der Waals surface area contributed by atoms with Crippen molar-refractivity contribution in [1.82, 2.24) is 49.8 Å². The van der Waals surface area contributed by atoms with E-state index in [2.05, 4.69) is 65.0 Å². The molecule has 21 heteroatoms. The average Bonchev–Trinajstić information content (AvgIpc) is 3.47. The lowest BCUT2D eigenvalue weighted by Gasteiger charge is -2.28. The Morgan fingerprint density at radius 2 is 1.04 bits per heavy atom. The molecule has 3 N–H and O–H groups in total. The first-order valence-electron chi connectivity index (χ1n) is 24.3. The topological polar surface area (TPSA) is 192 Å². The van der Waals surface area contributed by atoms with E-state index in [-0.39, 0.29) is 26.8 Å². The number of nitrogens with one attached hydrogen (secondary N) is 1. The molecule has 2 aliphatic rings. The number of fused-ring (bicyclic) bond motifs is 2. The minimum Gasteiger partial charge on any atom is -0.398 e. The Balaban J connectivity index is 0.000000145. The quantitative estimate of drug-likeness (QED) is 0.136. The molecule has 2 fully saturated rings. The van der Waals surface area contributed by atoms with Crippen LogP contribution in [-0.4, -0.2) is 102 Å². The molecule has 8 aromatic heterocycles. The van der Waals surface area contributed by atoms with Crippen LogP contribution >= 0.6 is 11.6 Å². The van der Waals surface area contributed by atoms with Crippen LogP contribution in [0.1, 0.15) is 11.1 Å². The number of hydrogen-bond acceptors (Lipinski definition) is 16. The van der Waals surface area contributed by atoms with Crippen molar-refractivity contribution >= 4 is 62.1 Å². The van der Waals surface area contributed by atoms with E-state index in [4.69, 9.17) is 26.8 Å². The highest BCUT2D eigenvalue weighted by atomic mass is 35.5. The highest BCUT2D eigenvalue weighted by molar-refractivity contribution is 6.36. The van der Waals surface area contributed by atoms with Crippen LogP contribution < -0.4 is 20.9 Å². The fourth-order valence-electron chi connectivity index (χ4n) is 8.85. The van der Waals surface area contributed by atoms with Crippen molar-refractivity contribution in [3.63, 3.8) is 0 Å². The lowest BCUT2D eigenvalue weighted by molar-refractivity contribution is 0.122. The van der Waals surface area contributed by atoms with Crippen LogP contribution in [0.5, 0.6) is 0 Å². The molecule has 0 atom stereocenters. The van der Waals surface area contributed by atoms with E-state index in [0.717, 1.165) is 78.4 Å². The molecule has 12 rings (SSSR count). The maximum Gasteiger partial charge on any atom is 0.137 e. The van der Waals surface area contributed by atoms with Crippen molar-refractivity contribution in [2.24, 2.45) is 0 Å². The molecular formula is C56H47ClF4N14O2. The summed E-state index contributed by atoms with van der Waals surface area (Å²) in [5.41, 5.74) is 15.0. The van der Waals surface area contributed by atoms with E-state index in [0.29, 0.717) is 77.3 Å². The molecule has 0 unspecified atom stereocenters. The molecule has 0 aliphatic carbocycles. The van der Waals surface area contributed by atoms with E-state index >= 15 is 4.39 Å². The van der Waals surface area contributed by atoms with Gasteiger partial charge in [-0.15, -0.1) is 0 Å². The van der Waals surface area contributed by atoms with Crippen molar-refractivity contribution in [3.8, 4) is 45.0 Å². The smallest absolute Gasteiger partial charge is 0.137 e. The second kappa shape index (κ2) is 23.4. The number of nitrogen functional groups attached to an aromatic ring is 1. The van der Waals surface area contributed by atoms with E-state index in [1.165, 1.54) is 18.7 Å². The van der Waals surface area contributed by atoms with Crippen molar-refractivity contribution in [3.05, 3.63) is 174 Å². The second-order valence-corrected chi connectivity index (χ2v) is 18.0. The molecule has 10 aromatic rings. The fraction of sp³-hybridized carbons (Fsp3) is 0.179. The van der Waals surface area contributed by atoms with E-state index in [9.17, 15) is 13.2 Å². The van der Waals surface area contributed by atoms with E-state index in [1.54, 1.807) is 74.7 Å². The Bertz CT molecular complexity index is 3700. The summed E-state index contributed by atoms with van der Waals surface area (Å²) in [7, 11) is 0. The zero-order chi connectivity index (χ0) is 53.4. The van der Waals surface area contributed by atoms with Gasteiger partial charge in [0.05, 0.1) is 87.4 Å². The standard InChI is InChI=1S/C28H23F2N7O.C15H9ClF2N2.C13H15N5O/c1-17-27(22-4-2-3-5-33-22)36-24-11-19(29)10-21(30)26(24)28(17)35-23-12-25(37-6-8-38-9-7-37)34-15-20(23)18-13-31-16-32-14-18;1-8-14(16)13-10(18)6-9(17)7-12(13)20-15(8)11-4-2-3-5-19-11;14-12-5-13(18-1-3-19-4-2-18)17-8-11(12)10-6-15-9-16-7-10/h2-5,10-16H,6-9H2,1H3,(H,34,35,36);2-7H,1H3;5-9H,1-4H2,(H2,14,17). The van der Waals surface area contributed by atoms with Crippen molar-refractivity contribution in [2.45, 2.75) is 13.8 Å². The fourth-order valence-corrected chi connectivity index (χ4v) is 9.12. The van der Waals surface area contributed by atoms with E-state index in [1.807, 2.05) is 37.3 Å². The van der Waals surface area contributed by atoms with Gasteiger partial charge in [0.2, 0.25) is 0 Å². The summed E-state index contributed by atoms with van der Waals surface area (Å²) in [6, 6.07) is 18.7. The third kappa shape index (κ3) is 11.5. The average molecular weight is 1060 g/mol. The molecule has 2 aliphatic heterocycles. The van der Waals surface area contributed by atoms with Crippen LogP contribution in [0.2, 0.25) is 5.02 Å². The number of nitrogens with two attached hydrogens (primary N) is 1. The SMILES string of the molecule is Cc1c(-c2ccccn2)nc2cc(F)cc(F)c2c1Cl.Cc1c(-c2ccccn2)nc2cc(F)cc(F)c2c1Nc1cc(N2CCOCC2)ncc1-c1cncnc1.Nc1cc(N2CCOCC2)ncc1-c1cncnc1. The molecule has 0 radical (unpaired) electrons. The number of morpholine rings is 2. The Morgan fingerprint density at radius 1 is 0.558 bits per heavy atom. The lowest BCUT2D eigenvalue weighted by Crippen LogP contribution is -2.36. The summed E-state index contributed by atoms with van der Waals surface area (Å²) in [6.45, 7) is 9.36. The summed E-state index contributed by atoms with van der Waals surface area (Å²) in [6.07, 6.45) is 16.6. The highest BCUT2D eigenvalue weighted by Crippen LogP contribution is 2.40. The zero-order valence-corrected chi connectivity index (χ0v) is 42.3. The van der Waals surface area contributed by atoms with Crippen molar-refractivity contribution in [2.75, 3.05) is 73.5 Å². The first-order valence-corrected chi connectivity index (χ1v) is 24.6. The van der Waals surface area contributed by atoms with Crippen LogP contribution in [0.15, 0.2) is 135 Å². The maximum absolute atomic E-state index is 15.3. The molecule has 388 valence electrons. The lowest BCUT2D eigenvalue weighted by atomic mass is 10.0. The number of anilines is 5. The Labute approximate surface area is 444 Å². The normalized spacial score (nSPS) is 13.4. The number of nitrogens with zero attached hydrogens (tertiary/aromatic N) is 12. The molecule has 10 heterocycles. The molecule has 77 heavy (non-hydrogen) atoms. The number of aromatic nitrogens is 10. The van der Waals surface area contributed by atoms with Gasteiger partial charge in [-0.2, -0.15) is 0 Å². The molecule has 2 saturated heterocycles. The molecule has 0 spiro atoms. The summed E-state index contributed by atoms with van der Waals surface area (Å²) in [5.74, 6) is -1.17. The molecule has 0 amide bonds. The first-order chi connectivity index (χ1) is 37.5. The maximum atomic E-state index is 15.3. The zero-order valence-electron chi connectivity index (χ0n) is 41.5. The second-order valence-electron chi connectivity index (χ2n) is 17.6. The third-order valence-electron chi connectivity index (χ3n) is 12.7. The highest BCUT2D eigenvalue weighted by Gasteiger charge is 2.23. The Hall–Kier alpha value is -8.85. The summed E-state index contributed by atoms with van der Waals surface area (Å²) in [4.78, 5) is 47.3. The van der Waals surface area contributed by atoms with Crippen molar-refractivity contribution in [1.29, 1.82) is 0 Å². The van der Waals surface area contributed by atoms with E-state index < -0.39 is 23.3 Å². The first kappa shape index (κ1) is 51.6. The minimum absolute atomic E-state index is 0.130. The molecule has 0 saturated carbocycles. The number of hydrogen-bond donors (Lipinski definition) is 2. The van der Waals surface area contributed by atoms with Gasteiger partial charge >= 0.3 is 0 Å². The van der Waals surface area contributed by atoms with Gasteiger partial charge < -0.3 is 30.3 Å². The van der Waals surface area contributed by atoms with Gasteiger partial charge in [-0.3, -0.25) is 9.97 Å². The Morgan fingerprint density at radius 3 is 1.56 bits per heavy atom. The molecule has 2 aromatic carbocycles. The summed E-state index contributed by atoms with van der Waals surface area (Å²) < 4.78 is 67.6. The van der Waals surface area contributed by atoms with Crippen LogP contribution in [0.25, 0.3) is 66.8 Å². The predicted octanol–water partition coefficient (Wildman–Crippen LogP) is 10.8. The van der Waals surface area contributed by atoms with Crippen LogP contribution in [-0.2, 0) is 9.47 Å². The van der Waals surface area contributed by atoms with Crippen LogP contribution in [0.3, 0.4) is 0 Å². The number of ether oxygens (including phenoxy) is 2. The van der Waals surface area contributed by atoms with Gasteiger partial charge in [0.25, 0.3) is 0 Å². The predicted molar refractivity (Wildman–Crippen MR) is 289 cm³/mol. The van der Waals surface area contributed by atoms with Crippen LogP contribution in [0, 0.1) is 37.1 Å². The van der Waals surface area contributed by atoms with Gasteiger partial charge in [-0.1, -0.05) is 23.7 Å². The van der Waals surface area contributed by atoms with Gasteiger partial charge in [0.15, 0.2) is 0 Å². The minimum atomic E-state index is -0.715. The summed E-state index contributed by atoms with van der Waals surface area (Å²) in [5, 5.41) is 3.99. The van der Waals surface area contributed by atoms with Crippen molar-refractivity contribution < 1.29 is 27.0 Å². The number of rotatable bonds is 8. The van der Waals surface area contributed by atoms with Gasteiger partial charge in [-0.25, -0.2) is 57.4 Å².